The Labute approximate surface area is 233 Å². The Morgan fingerprint density at radius 3 is 1.70 bits per heavy atom. The first-order chi connectivity index (χ1) is 19.3. The van der Waals surface area contributed by atoms with Crippen molar-refractivity contribution in [3.8, 4) is 11.1 Å². The third-order valence-electron chi connectivity index (χ3n) is 7.00. The maximum Gasteiger partial charge on any atom is 0.303 e. The summed E-state index contributed by atoms with van der Waals surface area (Å²) in [5.74, 6) is -2.93. The topological polar surface area (TPSA) is 147 Å². The minimum absolute atomic E-state index is 0.00162. The van der Waals surface area contributed by atoms with E-state index in [1.54, 1.807) is 0 Å². The highest BCUT2D eigenvalue weighted by atomic mass is 16.4. The molecule has 0 unspecified atom stereocenters. The van der Waals surface area contributed by atoms with Crippen LogP contribution in [0.15, 0.2) is 48.5 Å². The molecule has 3 rings (SSSR count). The zero-order chi connectivity index (χ0) is 28.9. The second-order valence-electron chi connectivity index (χ2n) is 9.99. The molecule has 1 aliphatic rings. The lowest BCUT2D eigenvalue weighted by molar-refractivity contribution is -0.138. The maximum atomic E-state index is 12.7. The fraction of sp³-hybridized carbons (Fsp3) is 0.419. The first kappa shape index (κ1) is 30.4. The number of hydrogen-bond donors (Lipinski definition) is 3. The molecule has 0 aliphatic heterocycles. The molecule has 0 aromatic heterocycles. The van der Waals surface area contributed by atoms with Crippen molar-refractivity contribution in [1.29, 1.82) is 0 Å². The predicted molar refractivity (Wildman–Crippen MR) is 149 cm³/mol. The molecule has 0 saturated heterocycles. The van der Waals surface area contributed by atoms with Gasteiger partial charge in [0.25, 0.3) is 5.91 Å². The third-order valence-corrected chi connectivity index (χ3v) is 7.00. The van der Waals surface area contributed by atoms with E-state index in [4.69, 9.17) is 5.11 Å². The van der Waals surface area contributed by atoms with Crippen molar-refractivity contribution in [3.05, 3.63) is 59.7 Å². The Balaban J connectivity index is 1.24. The van der Waals surface area contributed by atoms with Crippen LogP contribution in [0.4, 0.5) is 0 Å². The van der Waals surface area contributed by atoms with Crippen molar-refractivity contribution in [2.24, 2.45) is 0 Å². The van der Waals surface area contributed by atoms with Crippen LogP contribution in [0.3, 0.4) is 0 Å². The molecular weight excluding hydrogens is 512 g/mol. The van der Waals surface area contributed by atoms with E-state index in [-0.39, 0.29) is 68.3 Å². The molecule has 0 atom stereocenters. The summed E-state index contributed by atoms with van der Waals surface area (Å²) in [6.45, 7) is 0.810. The third kappa shape index (κ3) is 9.25. The first-order valence-electron chi connectivity index (χ1n) is 13.8. The van der Waals surface area contributed by atoms with Gasteiger partial charge in [-0.05, 0) is 41.5 Å². The van der Waals surface area contributed by atoms with Gasteiger partial charge in [-0.25, -0.2) is 0 Å². The van der Waals surface area contributed by atoms with Gasteiger partial charge in [-0.1, -0.05) is 48.5 Å². The number of hydrogen-bond acceptors (Lipinski definition) is 6. The molecule has 1 aliphatic carbocycles. The number of carboxylic acid groups (broad SMARTS) is 1. The van der Waals surface area contributed by atoms with Crippen molar-refractivity contribution in [2.45, 2.75) is 70.1 Å². The molecule has 0 saturated carbocycles. The Bertz CT molecular complexity index is 1210. The van der Waals surface area contributed by atoms with E-state index in [1.807, 2.05) is 48.5 Å². The van der Waals surface area contributed by atoms with E-state index in [0.29, 0.717) is 25.9 Å². The van der Waals surface area contributed by atoms with Gasteiger partial charge in [0.1, 0.15) is 11.6 Å². The van der Waals surface area contributed by atoms with Gasteiger partial charge in [-0.3, -0.25) is 28.8 Å². The highest BCUT2D eigenvalue weighted by molar-refractivity contribution is 6.36. The summed E-state index contributed by atoms with van der Waals surface area (Å²) in [6, 6.07) is 15.9. The number of carbonyl (C=O) groups excluding carboxylic acids is 5. The summed E-state index contributed by atoms with van der Waals surface area (Å²) in [6.07, 6.45) is 1.98. The van der Waals surface area contributed by atoms with E-state index < -0.39 is 17.7 Å². The molecule has 2 aromatic rings. The van der Waals surface area contributed by atoms with Crippen LogP contribution in [0.5, 0.6) is 0 Å². The van der Waals surface area contributed by atoms with E-state index in [9.17, 15) is 28.8 Å². The SMILES string of the molecule is O=C(O)CCC(=O)CCC(=O)CCC(=O)NCCCCCNC(=O)C(=O)CC1c2ccccc2-c2ccccc21. The average molecular weight is 549 g/mol. The Morgan fingerprint density at radius 1 is 0.625 bits per heavy atom. The number of Topliss-reactive ketones (excluding diaryl/α,β-unsaturated/α-hetero) is 3. The van der Waals surface area contributed by atoms with Crippen LogP contribution >= 0.6 is 0 Å². The van der Waals surface area contributed by atoms with E-state index in [0.717, 1.165) is 28.7 Å². The summed E-state index contributed by atoms with van der Waals surface area (Å²) in [4.78, 5) is 70.8. The highest BCUT2D eigenvalue weighted by Crippen LogP contribution is 2.46. The molecule has 0 radical (unpaired) electrons. The van der Waals surface area contributed by atoms with Crippen LogP contribution < -0.4 is 10.6 Å². The number of fused-ring (bicyclic) bond motifs is 3. The number of rotatable bonds is 18. The summed E-state index contributed by atoms with van der Waals surface area (Å²) in [7, 11) is 0. The molecule has 0 spiro atoms. The Hall–Kier alpha value is -4.14. The van der Waals surface area contributed by atoms with Gasteiger partial charge in [0.05, 0.1) is 6.42 Å². The van der Waals surface area contributed by atoms with Crippen molar-refractivity contribution in [1.82, 2.24) is 10.6 Å². The summed E-state index contributed by atoms with van der Waals surface area (Å²) < 4.78 is 0. The number of carboxylic acids is 1. The average Bonchev–Trinajstić information content (AvgIpc) is 3.26. The molecule has 0 bridgehead atoms. The molecule has 40 heavy (non-hydrogen) atoms. The van der Waals surface area contributed by atoms with Gasteiger partial charge in [-0.2, -0.15) is 0 Å². The predicted octanol–water partition coefficient (Wildman–Crippen LogP) is 3.72. The van der Waals surface area contributed by atoms with Gasteiger partial charge in [-0.15, -0.1) is 0 Å². The molecular formula is C31H36N2O7. The lowest BCUT2D eigenvalue weighted by Crippen LogP contribution is -2.32. The summed E-state index contributed by atoms with van der Waals surface area (Å²) >= 11 is 0. The quantitative estimate of drug-likeness (QED) is 0.190. The fourth-order valence-corrected chi connectivity index (χ4v) is 4.83. The second-order valence-corrected chi connectivity index (χ2v) is 9.99. The standard InChI is InChI=1S/C31H36N2O7/c34-21(12-13-22(35)15-17-30(38)39)14-16-29(37)32-18-6-1-7-19-33-31(40)28(36)20-27-25-10-4-2-8-23(25)24-9-3-5-11-26(24)27/h2-5,8-11,27H,1,6-7,12-20H2,(H,32,37)(H,33,40)(H,38,39). The van der Waals surface area contributed by atoms with Crippen LogP contribution in [0.25, 0.3) is 11.1 Å². The number of aliphatic carboxylic acids is 1. The normalized spacial score (nSPS) is 11.8. The smallest absolute Gasteiger partial charge is 0.303 e. The second kappa shape index (κ2) is 15.5. The van der Waals surface area contributed by atoms with Gasteiger partial charge in [0.2, 0.25) is 11.7 Å². The number of amides is 2. The van der Waals surface area contributed by atoms with Crippen LogP contribution in [0.1, 0.15) is 81.3 Å². The molecule has 2 amide bonds. The number of carbonyl (C=O) groups is 6. The van der Waals surface area contributed by atoms with Gasteiger partial charge in [0, 0.05) is 57.5 Å². The summed E-state index contributed by atoms with van der Waals surface area (Å²) in [5.41, 5.74) is 4.35. The van der Waals surface area contributed by atoms with Crippen LogP contribution in [-0.4, -0.2) is 53.3 Å². The number of unbranched alkanes of at least 4 members (excludes halogenated alkanes) is 2. The van der Waals surface area contributed by atoms with Crippen LogP contribution in [-0.2, 0) is 28.8 Å². The minimum atomic E-state index is -1.05. The van der Waals surface area contributed by atoms with Crippen molar-refractivity contribution in [3.63, 3.8) is 0 Å². The zero-order valence-electron chi connectivity index (χ0n) is 22.6. The van der Waals surface area contributed by atoms with Gasteiger partial charge >= 0.3 is 5.97 Å². The van der Waals surface area contributed by atoms with E-state index >= 15 is 0 Å². The largest absolute Gasteiger partial charge is 0.481 e. The lowest BCUT2D eigenvalue weighted by Gasteiger charge is -2.13. The van der Waals surface area contributed by atoms with Crippen molar-refractivity contribution < 1.29 is 33.9 Å². The number of ketones is 3. The van der Waals surface area contributed by atoms with Crippen molar-refractivity contribution in [2.75, 3.05) is 13.1 Å². The highest BCUT2D eigenvalue weighted by Gasteiger charge is 2.31. The molecule has 2 aromatic carbocycles. The molecule has 212 valence electrons. The zero-order valence-corrected chi connectivity index (χ0v) is 22.6. The van der Waals surface area contributed by atoms with Crippen LogP contribution in [0, 0.1) is 0 Å². The van der Waals surface area contributed by atoms with Crippen molar-refractivity contribution >= 4 is 35.1 Å². The minimum Gasteiger partial charge on any atom is -0.481 e. The maximum absolute atomic E-state index is 12.7. The Morgan fingerprint density at radius 2 is 1.12 bits per heavy atom. The monoisotopic (exact) mass is 548 g/mol. The lowest BCUT2D eigenvalue weighted by atomic mass is 9.91. The number of nitrogens with one attached hydrogen (secondary N) is 2. The number of benzene rings is 2. The molecule has 0 heterocycles. The summed E-state index contributed by atoms with van der Waals surface area (Å²) in [5, 5.41) is 14.0. The molecule has 9 nitrogen and oxygen atoms in total. The molecule has 9 heteroatoms. The van der Waals surface area contributed by atoms with Gasteiger partial charge < -0.3 is 15.7 Å². The Kier molecular flexibility index (Phi) is 11.7. The van der Waals surface area contributed by atoms with Gasteiger partial charge in [0.15, 0.2) is 0 Å². The van der Waals surface area contributed by atoms with Crippen LogP contribution in [0.2, 0.25) is 0 Å². The first-order valence-corrected chi connectivity index (χ1v) is 13.8. The molecule has 3 N–H and O–H groups in total. The fourth-order valence-electron chi connectivity index (χ4n) is 4.83. The molecule has 0 fully saturated rings. The van der Waals surface area contributed by atoms with E-state index in [1.165, 1.54) is 0 Å². The van der Waals surface area contributed by atoms with E-state index in [2.05, 4.69) is 10.6 Å².